The van der Waals surface area contributed by atoms with Crippen LogP contribution in [-0.2, 0) is 11.3 Å². The first kappa shape index (κ1) is 12.1. The molecule has 0 saturated carbocycles. The summed E-state index contributed by atoms with van der Waals surface area (Å²) in [7, 11) is 1.81. The maximum atomic E-state index is 11.9. The van der Waals surface area contributed by atoms with E-state index in [1.807, 2.05) is 42.3 Å². The van der Waals surface area contributed by atoms with Gasteiger partial charge in [0.25, 0.3) is 0 Å². The Morgan fingerprint density at radius 3 is 2.65 bits per heavy atom. The molecule has 1 aliphatic heterocycles. The summed E-state index contributed by atoms with van der Waals surface area (Å²) in [6.45, 7) is 2.27. The highest BCUT2D eigenvalue weighted by molar-refractivity contribution is 5.78. The number of benzene rings is 1. The van der Waals surface area contributed by atoms with Crippen LogP contribution in [0.15, 0.2) is 30.3 Å². The van der Waals surface area contributed by atoms with Crippen molar-refractivity contribution in [3.05, 3.63) is 35.9 Å². The Balaban J connectivity index is 1.79. The molecule has 0 unspecified atom stereocenters. The molecule has 1 aliphatic rings. The highest BCUT2D eigenvalue weighted by atomic mass is 16.3. The van der Waals surface area contributed by atoms with Gasteiger partial charge in [0, 0.05) is 26.7 Å². The lowest BCUT2D eigenvalue weighted by molar-refractivity contribution is -0.134. The van der Waals surface area contributed by atoms with Crippen LogP contribution in [0.4, 0.5) is 0 Å². The van der Waals surface area contributed by atoms with Crippen molar-refractivity contribution < 1.29 is 9.90 Å². The minimum atomic E-state index is -0.248. The predicted molar refractivity (Wildman–Crippen MR) is 65.4 cm³/mol. The van der Waals surface area contributed by atoms with E-state index in [1.54, 1.807) is 4.90 Å². The van der Waals surface area contributed by atoms with Gasteiger partial charge in [-0.3, -0.25) is 9.69 Å². The molecular weight excluding hydrogens is 216 g/mol. The van der Waals surface area contributed by atoms with E-state index in [0.29, 0.717) is 26.2 Å². The van der Waals surface area contributed by atoms with Crippen LogP contribution < -0.4 is 0 Å². The topological polar surface area (TPSA) is 43.8 Å². The third-order valence-electron chi connectivity index (χ3n) is 2.99. The predicted octanol–water partition coefficient (Wildman–Crippen LogP) is 0.322. The van der Waals surface area contributed by atoms with Gasteiger partial charge >= 0.3 is 0 Å². The molecule has 0 aromatic heterocycles. The first-order valence-electron chi connectivity index (χ1n) is 5.83. The molecule has 4 heteroatoms. The summed E-state index contributed by atoms with van der Waals surface area (Å²) in [6.07, 6.45) is -0.248. The molecule has 0 radical (unpaired) electrons. The number of carbonyl (C=O) groups is 1. The Morgan fingerprint density at radius 1 is 1.41 bits per heavy atom. The molecule has 1 N–H and O–H groups in total. The largest absolute Gasteiger partial charge is 0.390 e. The first-order valence-corrected chi connectivity index (χ1v) is 5.83. The van der Waals surface area contributed by atoms with Crippen molar-refractivity contribution in [3.8, 4) is 0 Å². The van der Waals surface area contributed by atoms with E-state index in [4.69, 9.17) is 5.11 Å². The molecule has 2 rings (SSSR count). The van der Waals surface area contributed by atoms with Crippen molar-refractivity contribution >= 4 is 5.91 Å². The number of amides is 1. The molecule has 0 spiro atoms. The third-order valence-corrected chi connectivity index (χ3v) is 2.99. The second kappa shape index (κ2) is 5.29. The minimum Gasteiger partial charge on any atom is -0.390 e. The highest BCUT2D eigenvalue weighted by Gasteiger charge is 2.26. The van der Waals surface area contributed by atoms with Crippen molar-refractivity contribution in [1.29, 1.82) is 0 Å². The van der Waals surface area contributed by atoms with E-state index in [0.717, 1.165) is 5.56 Å². The Kier molecular flexibility index (Phi) is 3.76. The van der Waals surface area contributed by atoms with Crippen molar-refractivity contribution in [2.45, 2.75) is 12.6 Å². The summed E-state index contributed by atoms with van der Waals surface area (Å²) in [5.74, 6) is 0.0979. The van der Waals surface area contributed by atoms with E-state index in [1.165, 1.54) is 0 Å². The van der Waals surface area contributed by atoms with Crippen molar-refractivity contribution in [3.63, 3.8) is 0 Å². The van der Waals surface area contributed by atoms with E-state index < -0.39 is 0 Å². The number of hydrogen-bond acceptors (Lipinski definition) is 3. The summed E-state index contributed by atoms with van der Waals surface area (Å²) >= 11 is 0. The Labute approximate surface area is 101 Å². The van der Waals surface area contributed by atoms with E-state index in [9.17, 15) is 4.79 Å². The fourth-order valence-corrected chi connectivity index (χ4v) is 1.93. The number of aliphatic hydroxyl groups is 1. The number of β-amino-alcohol motifs (C(OH)–C–C–N with tert-alkyl or cyclic N) is 1. The number of rotatable bonds is 4. The summed E-state index contributed by atoms with van der Waals surface area (Å²) in [4.78, 5) is 15.5. The number of aliphatic hydroxyl groups excluding tert-OH is 1. The lowest BCUT2D eigenvalue weighted by Gasteiger charge is -2.36. The minimum absolute atomic E-state index is 0.0979. The van der Waals surface area contributed by atoms with Gasteiger partial charge in [-0.05, 0) is 5.56 Å². The molecule has 92 valence electrons. The van der Waals surface area contributed by atoms with Crippen LogP contribution in [0.5, 0.6) is 0 Å². The molecule has 1 aromatic carbocycles. The average molecular weight is 234 g/mol. The molecule has 17 heavy (non-hydrogen) atoms. The number of nitrogens with zero attached hydrogens (tertiary/aromatic N) is 2. The van der Waals surface area contributed by atoms with Crippen molar-refractivity contribution in [1.82, 2.24) is 9.80 Å². The van der Waals surface area contributed by atoms with Crippen LogP contribution in [-0.4, -0.2) is 53.6 Å². The Hall–Kier alpha value is -1.39. The Morgan fingerprint density at radius 2 is 2.06 bits per heavy atom. The Bertz CT molecular complexity index is 374. The van der Waals surface area contributed by atoms with E-state index >= 15 is 0 Å². The first-order chi connectivity index (χ1) is 8.15. The fourth-order valence-electron chi connectivity index (χ4n) is 1.93. The number of likely N-dealkylation sites (tertiary alicyclic amines) is 1. The van der Waals surface area contributed by atoms with Gasteiger partial charge in [0.15, 0.2) is 0 Å². The molecule has 4 nitrogen and oxygen atoms in total. The van der Waals surface area contributed by atoms with Gasteiger partial charge < -0.3 is 10.0 Å². The highest BCUT2D eigenvalue weighted by Crippen LogP contribution is 2.08. The van der Waals surface area contributed by atoms with Gasteiger partial charge in [0.2, 0.25) is 5.91 Å². The molecule has 1 fully saturated rings. The zero-order valence-corrected chi connectivity index (χ0v) is 10.0. The SMILES string of the molecule is CN(Cc1ccccc1)C(=O)CN1CC(O)C1. The standard InChI is InChI=1S/C13H18N2O2/c1-14(7-11-5-3-2-4-6-11)13(17)10-15-8-12(16)9-15/h2-6,12,16H,7-10H2,1H3. The molecular formula is C13H18N2O2. The van der Waals surface area contributed by atoms with Crippen LogP contribution in [0.1, 0.15) is 5.56 Å². The lowest BCUT2D eigenvalue weighted by Crippen LogP contribution is -2.53. The molecule has 1 heterocycles. The van der Waals surface area contributed by atoms with Crippen LogP contribution in [0, 0.1) is 0 Å². The van der Waals surface area contributed by atoms with Gasteiger partial charge in [-0.1, -0.05) is 30.3 Å². The van der Waals surface area contributed by atoms with Gasteiger partial charge in [-0.15, -0.1) is 0 Å². The molecule has 0 bridgehead atoms. The van der Waals surface area contributed by atoms with Gasteiger partial charge in [0.05, 0.1) is 12.6 Å². The van der Waals surface area contributed by atoms with Gasteiger partial charge in [-0.25, -0.2) is 0 Å². The average Bonchev–Trinajstić information content (AvgIpc) is 2.28. The maximum absolute atomic E-state index is 11.9. The normalized spacial score (nSPS) is 16.6. The fraction of sp³-hybridized carbons (Fsp3) is 0.462. The maximum Gasteiger partial charge on any atom is 0.236 e. The van der Waals surface area contributed by atoms with Crippen LogP contribution in [0.2, 0.25) is 0 Å². The van der Waals surface area contributed by atoms with Gasteiger partial charge in [0.1, 0.15) is 0 Å². The van der Waals surface area contributed by atoms with Crippen LogP contribution in [0.3, 0.4) is 0 Å². The molecule has 0 aliphatic carbocycles. The molecule has 1 amide bonds. The zero-order valence-electron chi connectivity index (χ0n) is 10.0. The molecule has 1 aromatic rings. The summed E-state index contributed by atoms with van der Waals surface area (Å²) in [5.41, 5.74) is 1.13. The second-order valence-corrected chi connectivity index (χ2v) is 4.58. The number of carbonyl (C=O) groups excluding carboxylic acids is 1. The molecule has 1 saturated heterocycles. The summed E-state index contributed by atoms with van der Waals surface area (Å²) in [5, 5.41) is 9.14. The summed E-state index contributed by atoms with van der Waals surface area (Å²) < 4.78 is 0. The molecule has 0 atom stereocenters. The second-order valence-electron chi connectivity index (χ2n) is 4.58. The number of likely N-dealkylation sites (N-methyl/N-ethyl adjacent to an activating group) is 1. The third kappa shape index (κ3) is 3.28. The van der Waals surface area contributed by atoms with E-state index in [2.05, 4.69) is 0 Å². The van der Waals surface area contributed by atoms with Gasteiger partial charge in [-0.2, -0.15) is 0 Å². The van der Waals surface area contributed by atoms with Crippen LogP contribution in [0.25, 0.3) is 0 Å². The summed E-state index contributed by atoms with van der Waals surface area (Å²) in [6, 6.07) is 9.93. The monoisotopic (exact) mass is 234 g/mol. The lowest BCUT2D eigenvalue weighted by atomic mass is 10.1. The van der Waals surface area contributed by atoms with Crippen molar-refractivity contribution in [2.24, 2.45) is 0 Å². The smallest absolute Gasteiger partial charge is 0.236 e. The van der Waals surface area contributed by atoms with E-state index in [-0.39, 0.29) is 12.0 Å². The van der Waals surface area contributed by atoms with Crippen molar-refractivity contribution in [2.75, 3.05) is 26.7 Å². The zero-order chi connectivity index (χ0) is 12.3. The van der Waals surface area contributed by atoms with Crippen LogP contribution >= 0.6 is 0 Å². The number of hydrogen-bond donors (Lipinski definition) is 1. The quantitative estimate of drug-likeness (QED) is 0.816.